The first kappa shape index (κ1) is 19.2. The summed E-state index contributed by atoms with van der Waals surface area (Å²) in [6.45, 7) is 1.71. The van der Waals surface area contributed by atoms with Crippen LogP contribution in [0.1, 0.15) is 21.8 Å². The highest BCUT2D eigenvalue weighted by Crippen LogP contribution is 2.22. The summed E-state index contributed by atoms with van der Waals surface area (Å²) in [5.41, 5.74) is 1.88. The Morgan fingerprint density at radius 1 is 1.22 bits per heavy atom. The molecule has 2 aromatic carbocycles. The van der Waals surface area contributed by atoms with Gasteiger partial charge in [0.15, 0.2) is 6.61 Å². The number of carbonyl (C=O) groups excluding carboxylic acids is 1. The van der Waals surface area contributed by atoms with Gasteiger partial charge in [0.25, 0.3) is 5.89 Å². The van der Waals surface area contributed by atoms with Crippen LogP contribution in [0.5, 0.6) is 0 Å². The maximum Gasteiger partial charge on any atom is 0.339 e. The first-order valence-electron chi connectivity index (χ1n) is 7.63. The van der Waals surface area contributed by atoms with Crippen LogP contribution >= 0.6 is 15.9 Å². The maximum atomic E-state index is 12.3. The summed E-state index contributed by atoms with van der Waals surface area (Å²) in [7, 11) is -3.94. The van der Waals surface area contributed by atoms with Crippen molar-refractivity contribution in [3.05, 3.63) is 64.0 Å². The molecule has 0 atom stereocenters. The van der Waals surface area contributed by atoms with Crippen molar-refractivity contribution in [2.24, 2.45) is 5.14 Å². The summed E-state index contributed by atoms with van der Waals surface area (Å²) >= 11 is 3.18. The molecule has 3 rings (SSSR count). The van der Waals surface area contributed by atoms with Crippen molar-refractivity contribution in [2.75, 3.05) is 0 Å². The van der Waals surface area contributed by atoms with Crippen LogP contribution in [-0.2, 0) is 21.4 Å². The van der Waals surface area contributed by atoms with Crippen LogP contribution < -0.4 is 5.14 Å². The number of hydrogen-bond acceptors (Lipinski definition) is 7. The highest BCUT2D eigenvalue weighted by molar-refractivity contribution is 9.10. The molecule has 3 aromatic rings. The second kappa shape index (κ2) is 7.59. The third kappa shape index (κ3) is 4.59. The van der Waals surface area contributed by atoms with E-state index in [9.17, 15) is 13.2 Å². The van der Waals surface area contributed by atoms with Gasteiger partial charge in [0.1, 0.15) is 0 Å². The Labute approximate surface area is 163 Å². The van der Waals surface area contributed by atoms with Crippen LogP contribution in [0.4, 0.5) is 0 Å². The van der Waals surface area contributed by atoms with Gasteiger partial charge in [-0.05, 0) is 41.1 Å². The fraction of sp³-hybridized carbons (Fsp3) is 0.118. The van der Waals surface area contributed by atoms with Gasteiger partial charge in [-0.2, -0.15) is 4.98 Å². The van der Waals surface area contributed by atoms with Crippen LogP contribution in [0.15, 0.2) is 56.4 Å². The Kier molecular flexibility index (Phi) is 5.40. The monoisotopic (exact) mass is 451 g/mol. The van der Waals surface area contributed by atoms with Crippen molar-refractivity contribution in [1.29, 1.82) is 0 Å². The Morgan fingerprint density at radius 3 is 2.59 bits per heavy atom. The van der Waals surface area contributed by atoms with Crippen molar-refractivity contribution in [2.45, 2.75) is 18.4 Å². The summed E-state index contributed by atoms with van der Waals surface area (Å²) in [5.74, 6) is -0.279. The van der Waals surface area contributed by atoms with Crippen LogP contribution in [0, 0.1) is 6.92 Å². The molecule has 0 amide bonds. The molecule has 140 valence electrons. The fourth-order valence-electron chi connectivity index (χ4n) is 2.18. The summed E-state index contributed by atoms with van der Waals surface area (Å²) in [6, 6.07) is 11.4. The molecule has 0 aliphatic carbocycles. The number of halogens is 1. The zero-order valence-electron chi connectivity index (χ0n) is 14.0. The number of rotatable bonds is 5. The van der Waals surface area contributed by atoms with Gasteiger partial charge < -0.3 is 9.26 Å². The van der Waals surface area contributed by atoms with Crippen LogP contribution in [0.2, 0.25) is 0 Å². The summed E-state index contributed by atoms with van der Waals surface area (Å²) < 4.78 is 33.4. The second-order valence-corrected chi connectivity index (χ2v) is 8.06. The topological polar surface area (TPSA) is 125 Å². The van der Waals surface area contributed by atoms with Gasteiger partial charge in [0.2, 0.25) is 15.8 Å². The number of hydrogen-bond donors (Lipinski definition) is 1. The molecule has 0 unspecified atom stereocenters. The molecule has 1 aromatic heterocycles. The molecule has 1 heterocycles. The molecule has 0 bridgehead atoms. The van der Waals surface area contributed by atoms with Crippen molar-refractivity contribution in [3.63, 3.8) is 0 Å². The normalized spacial score (nSPS) is 11.4. The molecule has 0 aliphatic rings. The highest BCUT2D eigenvalue weighted by Gasteiger charge is 2.18. The summed E-state index contributed by atoms with van der Waals surface area (Å²) in [4.78, 5) is 16.2. The third-order valence-electron chi connectivity index (χ3n) is 3.59. The van der Waals surface area contributed by atoms with Gasteiger partial charge in [-0.1, -0.05) is 35.0 Å². The molecule has 0 fully saturated rings. The van der Waals surface area contributed by atoms with Crippen molar-refractivity contribution in [3.8, 4) is 11.4 Å². The van der Waals surface area contributed by atoms with Crippen LogP contribution in [-0.4, -0.2) is 24.5 Å². The average molecular weight is 452 g/mol. The Bertz CT molecular complexity index is 1090. The molecular weight excluding hydrogens is 438 g/mol. The molecule has 2 N–H and O–H groups in total. The smallest absolute Gasteiger partial charge is 0.339 e. The Balaban J connectivity index is 1.72. The number of sulfonamides is 1. The molecular formula is C17H14BrN3O5S. The summed E-state index contributed by atoms with van der Waals surface area (Å²) in [5, 5.41) is 8.93. The maximum absolute atomic E-state index is 12.3. The predicted octanol–water partition coefficient (Wildman–Crippen LogP) is 2.81. The number of nitrogens with zero attached hydrogens (tertiary/aromatic N) is 2. The van der Waals surface area contributed by atoms with Crippen molar-refractivity contribution < 1.29 is 22.5 Å². The van der Waals surface area contributed by atoms with Gasteiger partial charge in [0.05, 0.1) is 10.5 Å². The minimum atomic E-state index is -3.94. The highest BCUT2D eigenvalue weighted by atomic mass is 79.9. The standard InChI is InChI=1S/C17H14BrN3O5S/c1-10-2-4-11(5-3-10)16-20-15(26-21-16)9-25-17(22)13-8-12(27(19,23)24)6-7-14(13)18/h2-8H,9H2,1H3,(H2,19,23,24). The van der Waals surface area contributed by atoms with E-state index in [1.807, 2.05) is 31.2 Å². The fourth-order valence-corrected chi connectivity index (χ4v) is 3.12. The summed E-state index contributed by atoms with van der Waals surface area (Å²) in [6.07, 6.45) is 0. The average Bonchev–Trinajstić information content (AvgIpc) is 3.08. The van der Waals surface area contributed by atoms with Crippen molar-refractivity contribution in [1.82, 2.24) is 10.1 Å². The van der Waals surface area contributed by atoms with E-state index in [2.05, 4.69) is 26.1 Å². The number of esters is 1. The largest absolute Gasteiger partial charge is 0.452 e. The lowest BCUT2D eigenvalue weighted by atomic mass is 10.1. The van der Waals surface area contributed by atoms with E-state index in [0.29, 0.717) is 10.3 Å². The molecule has 27 heavy (non-hydrogen) atoms. The zero-order chi connectivity index (χ0) is 19.6. The van der Waals surface area contributed by atoms with Crippen molar-refractivity contribution >= 4 is 31.9 Å². The Hall–Kier alpha value is -2.56. The van der Waals surface area contributed by atoms with E-state index < -0.39 is 16.0 Å². The molecule has 0 saturated carbocycles. The second-order valence-electron chi connectivity index (χ2n) is 5.64. The van der Waals surface area contributed by atoms with Crippen LogP contribution in [0.3, 0.4) is 0 Å². The van der Waals surface area contributed by atoms with Gasteiger partial charge >= 0.3 is 5.97 Å². The Morgan fingerprint density at radius 2 is 1.93 bits per heavy atom. The van der Waals surface area contributed by atoms with E-state index in [4.69, 9.17) is 14.4 Å². The van der Waals surface area contributed by atoms with E-state index in [1.165, 1.54) is 12.1 Å². The number of benzene rings is 2. The SMILES string of the molecule is Cc1ccc(-c2noc(COC(=O)c3cc(S(N)(=O)=O)ccc3Br)n2)cc1. The predicted molar refractivity (Wildman–Crippen MR) is 99.1 cm³/mol. The lowest BCUT2D eigenvalue weighted by molar-refractivity contribution is 0.0428. The number of nitrogens with two attached hydrogens (primary N) is 1. The minimum absolute atomic E-state index is 0.0137. The molecule has 0 spiro atoms. The van der Waals surface area contributed by atoms with Gasteiger partial charge in [-0.3, -0.25) is 0 Å². The van der Waals surface area contributed by atoms with Gasteiger partial charge in [-0.15, -0.1) is 0 Å². The quantitative estimate of drug-likeness (QED) is 0.590. The zero-order valence-corrected chi connectivity index (χ0v) is 16.5. The number of aryl methyl sites for hydroxylation is 1. The third-order valence-corrected chi connectivity index (χ3v) is 5.19. The molecule has 10 heteroatoms. The van der Waals surface area contributed by atoms with Crippen LogP contribution in [0.25, 0.3) is 11.4 Å². The van der Waals surface area contributed by atoms with E-state index >= 15 is 0 Å². The first-order chi connectivity index (χ1) is 12.7. The number of carbonyl (C=O) groups is 1. The van der Waals surface area contributed by atoms with E-state index in [1.54, 1.807) is 0 Å². The van der Waals surface area contributed by atoms with Gasteiger partial charge in [-0.25, -0.2) is 18.4 Å². The molecule has 8 nitrogen and oxygen atoms in total. The molecule has 0 saturated heterocycles. The lowest BCUT2D eigenvalue weighted by Gasteiger charge is -2.06. The number of aromatic nitrogens is 2. The number of primary sulfonamides is 1. The van der Waals surface area contributed by atoms with E-state index in [0.717, 1.165) is 17.2 Å². The first-order valence-corrected chi connectivity index (χ1v) is 9.97. The van der Waals surface area contributed by atoms with E-state index in [-0.39, 0.29) is 23.0 Å². The number of ether oxygens (including phenoxy) is 1. The molecule has 0 radical (unpaired) electrons. The molecule has 0 aliphatic heterocycles. The lowest BCUT2D eigenvalue weighted by Crippen LogP contribution is -2.14. The van der Waals surface area contributed by atoms with Gasteiger partial charge in [0, 0.05) is 10.0 Å². The minimum Gasteiger partial charge on any atom is -0.452 e.